The van der Waals surface area contributed by atoms with E-state index in [0.717, 1.165) is 32.4 Å². The highest BCUT2D eigenvalue weighted by molar-refractivity contribution is 6.24. The lowest BCUT2D eigenvalue weighted by Gasteiger charge is -2.44. The number of benzene rings is 1. The average molecular weight is 371 g/mol. The second-order valence-electron chi connectivity index (χ2n) is 6.59. The van der Waals surface area contributed by atoms with E-state index in [-0.39, 0.29) is 6.42 Å². The monoisotopic (exact) mass is 370 g/mol. The Hall–Kier alpha value is -0.840. The van der Waals surface area contributed by atoms with Gasteiger partial charge in [-0.25, -0.2) is 4.39 Å². The molecule has 0 saturated heterocycles. The zero-order valence-corrected chi connectivity index (χ0v) is 14.9. The summed E-state index contributed by atoms with van der Waals surface area (Å²) in [7, 11) is 0. The molecule has 0 bridgehead atoms. The van der Waals surface area contributed by atoms with Gasteiger partial charge < -0.3 is 0 Å². The molecule has 1 aromatic carbocycles. The first kappa shape index (κ1) is 21.2. The maximum atomic E-state index is 15.5. The lowest BCUT2D eigenvalue weighted by molar-refractivity contribution is -0.285. The van der Waals surface area contributed by atoms with Crippen LogP contribution in [0.2, 0.25) is 0 Å². The molecule has 0 aliphatic carbocycles. The molecule has 0 fully saturated rings. The molecule has 1 aromatic rings. The molecule has 0 aliphatic rings. The third-order valence-corrected chi connectivity index (χ3v) is 4.49. The molecule has 0 N–H and O–H groups in total. The van der Waals surface area contributed by atoms with Crippen LogP contribution in [0.15, 0.2) is 30.3 Å². The zero-order chi connectivity index (χ0) is 18.6. The Morgan fingerprint density at radius 1 is 0.875 bits per heavy atom. The van der Waals surface area contributed by atoms with Crippen LogP contribution in [0.25, 0.3) is 0 Å². The Morgan fingerprint density at radius 2 is 1.42 bits per heavy atom. The van der Waals surface area contributed by atoms with Crippen LogP contribution in [0.3, 0.4) is 0 Å². The highest BCUT2D eigenvalue weighted by Crippen LogP contribution is 2.58. The van der Waals surface area contributed by atoms with Gasteiger partial charge in [-0.05, 0) is 25.8 Å². The number of hydrogen-bond donors (Lipinski definition) is 0. The molecule has 1 atom stereocenters. The van der Waals surface area contributed by atoms with Crippen LogP contribution in [0.1, 0.15) is 58.4 Å². The predicted octanol–water partition coefficient (Wildman–Crippen LogP) is 7.11. The van der Waals surface area contributed by atoms with Gasteiger partial charge in [-0.2, -0.15) is 17.6 Å². The van der Waals surface area contributed by atoms with E-state index in [2.05, 4.69) is 0 Å². The minimum Gasteiger partial charge on any atom is -0.230 e. The summed E-state index contributed by atoms with van der Waals surface area (Å²) in [6.07, 6.45) is 0.683. The van der Waals surface area contributed by atoms with E-state index in [9.17, 15) is 17.6 Å². The number of unbranched alkanes of at least 4 members (excludes halogenated alkanes) is 3. The Morgan fingerprint density at radius 3 is 1.88 bits per heavy atom. The number of halogens is 6. The van der Waals surface area contributed by atoms with Gasteiger partial charge in [0.25, 0.3) is 0 Å². The molecule has 0 aliphatic heterocycles. The third kappa shape index (κ3) is 3.87. The fraction of sp³-hybridized carbons (Fsp3) is 0.667. The third-order valence-electron chi connectivity index (χ3n) is 4.23. The zero-order valence-electron chi connectivity index (χ0n) is 14.2. The van der Waals surface area contributed by atoms with Crippen LogP contribution in [0.5, 0.6) is 0 Å². The van der Waals surface area contributed by atoms with E-state index in [1.165, 1.54) is 18.2 Å². The standard InChI is InChI=1S/C18H24ClF5/c1-4-5-6-10-13-16(20,21)18(23,24)17(22,15(2,3)19)14-11-8-7-9-12-14/h7-9,11-12H,4-6,10,13H2,1-3H3. The van der Waals surface area contributed by atoms with E-state index in [0.29, 0.717) is 12.8 Å². The normalized spacial score (nSPS) is 16.0. The molecular formula is C18H24ClF5. The second kappa shape index (κ2) is 7.59. The van der Waals surface area contributed by atoms with Gasteiger partial charge in [-0.1, -0.05) is 56.5 Å². The first-order valence-electron chi connectivity index (χ1n) is 8.11. The lowest BCUT2D eigenvalue weighted by atomic mass is 9.76. The van der Waals surface area contributed by atoms with Crippen molar-refractivity contribution in [2.45, 2.75) is 75.3 Å². The van der Waals surface area contributed by atoms with Crippen molar-refractivity contribution < 1.29 is 22.0 Å². The van der Waals surface area contributed by atoms with Crippen molar-refractivity contribution in [1.82, 2.24) is 0 Å². The molecule has 0 saturated carbocycles. The first-order valence-corrected chi connectivity index (χ1v) is 8.48. The predicted molar refractivity (Wildman–Crippen MR) is 87.8 cm³/mol. The van der Waals surface area contributed by atoms with E-state index >= 15 is 4.39 Å². The molecule has 24 heavy (non-hydrogen) atoms. The van der Waals surface area contributed by atoms with Gasteiger partial charge in [-0.15, -0.1) is 11.6 Å². The van der Waals surface area contributed by atoms with Crippen molar-refractivity contribution in [3.8, 4) is 0 Å². The summed E-state index contributed by atoms with van der Waals surface area (Å²) in [6, 6.07) is 6.26. The van der Waals surface area contributed by atoms with Gasteiger partial charge >= 0.3 is 11.8 Å². The van der Waals surface area contributed by atoms with Crippen molar-refractivity contribution in [3.05, 3.63) is 35.9 Å². The van der Waals surface area contributed by atoms with Crippen LogP contribution >= 0.6 is 11.6 Å². The Kier molecular flexibility index (Phi) is 6.70. The Balaban J connectivity index is 3.26. The summed E-state index contributed by atoms with van der Waals surface area (Å²) < 4.78 is 73.6. The molecule has 0 amide bonds. The molecule has 0 aromatic heterocycles. The molecule has 138 valence electrons. The summed E-state index contributed by atoms with van der Waals surface area (Å²) in [5.41, 5.74) is -4.26. The summed E-state index contributed by atoms with van der Waals surface area (Å²) >= 11 is 5.86. The Labute approximate surface area is 145 Å². The highest BCUT2D eigenvalue weighted by atomic mass is 35.5. The summed E-state index contributed by atoms with van der Waals surface area (Å²) in [4.78, 5) is -2.23. The largest absolute Gasteiger partial charge is 0.349 e. The molecule has 0 heterocycles. The van der Waals surface area contributed by atoms with Crippen molar-refractivity contribution in [3.63, 3.8) is 0 Å². The molecule has 1 rings (SSSR count). The molecule has 1 unspecified atom stereocenters. The van der Waals surface area contributed by atoms with E-state index < -0.39 is 34.4 Å². The highest BCUT2D eigenvalue weighted by Gasteiger charge is 2.74. The minimum absolute atomic E-state index is 0.0932. The smallest absolute Gasteiger partial charge is 0.230 e. The number of rotatable bonds is 9. The van der Waals surface area contributed by atoms with Crippen molar-refractivity contribution in [1.29, 1.82) is 0 Å². The quantitative estimate of drug-likeness (QED) is 0.247. The van der Waals surface area contributed by atoms with E-state index in [1.54, 1.807) is 0 Å². The fourth-order valence-corrected chi connectivity index (χ4v) is 2.98. The van der Waals surface area contributed by atoms with Gasteiger partial charge in [0.1, 0.15) is 0 Å². The number of alkyl halides is 6. The SMILES string of the molecule is CCCCCCC(F)(F)C(F)(F)C(F)(c1ccccc1)C(C)(C)Cl. The number of hydrogen-bond acceptors (Lipinski definition) is 0. The van der Waals surface area contributed by atoms with Crippen molar-refractivity contribution >= 4 is 11.6 Å². The minimum atomic E-state index is -4.95. The molecule has 0 nitrogen and oxygen atoms in total. The molecular weight excluding hydrogens is 347 g/mol. The maximum absolute atomic E-state index is 15.5. The summed E-state index contributed by atoms with van der Waals surface area (Å²) in [6.45, 7) is 3.86. The van der Waals surface area contributed by atoms with Crippen LogP contribution in [-0.2, 0) is 5.67 Å². The van der Waals surface area contributed by atoms with Crippen LogP contribution < -0.4 is 0 Å². The van der Waals surface area contributed by atoms with Crippen molar-refractivity contribution in [2.24, 2.45) is 0 Å². The van der Waals surface area contributed by atoms with E-state index in [4.69, 9.17) is 11.6 Å². The van der Waals surface area contributed by atoms with Gasteiger partial charge in [0.05, 0.1) is 4.87 Å². The Bertz CT molecular complexity index is 510. The summed E-state index contributed by atoms with van der Waals surface area (Å²) in [5.74, 6) is -9.45. The van der Waals surface area contributed by atoms with Gasteiger partial charge in [0.2, 0.25) is 5.67 Å². The van der Waals surface area contributed by atoms with Crippen molar-refractivity contribution in [2.75, 3.05) is 0 Å². The lowest BCUT2D eigenvalue weighted by Crippen LogP contribution is -2.61. The molecule has 0 spiro atoms. The van der Waals surface area contributed by atoms with Gasteiger partial charge in [0.15, 0.2) is 0 Å². The van der Waals surface area contributed by atoms with Gasteiger partial charge in [-0.3, -0.25) is 0 Å². The van der Waals surface area contributed by atoms with Crippen LogP contribution in [0.4, 0.5) is 22.0 Å². The van der Waals surface area contributed by atoms with Gasteiger partial charge in [0, 0.05) is 6.42 Å². The topological polar surface area (TPSA) is 0 Å². The van der Waals surface area contributed by atoms with E-state index in [1.807, 2.05) is 6.92 Å². The van der Waals surface area contributed by atoms with Crippen LogP contribution in [0, 0.1) is 0 Å². The fourth-order valence-electron chi connectivity index (χ4n) is 2.75. The van der Waals surface area contributed by atoms with Crippen LogP contribution in [-0.4, -0.2) is 16.7 Å². The average Bonchev–Trinajstić information content (AvgIpc) is 2.50. The molecule has 6 heteroatoms. The first-order chi connectivity index (χ1) is 10.9. The molecule has 0 radical (unpaired) electrons. The maximum Gasteiger partial charge on any atom is 0.349 e. The summed E-state index contributed by atoms with van der Waals surface area (Å²) in [5, 5.41) is 0. The second-order valence-corrected chi connectivity index (χ2v) is 7.53.